The number of hydrogen-bond acceptors (Lipinski definition) is 6. The van der Waals surface area contributed by atoms with Crippen LogP contribution in [0.15, 0.2) is 5.38 Å². The van der Waals surface area contributed by atoms with Gasteiger partial charge in [0.05, 0.1) is 18.3 Å². The molecule has 0 saturated carbocycles. The average molecular weight is 275 g/mol. The second-order valence-corrected chi connectivity index (χ2v) is 5.30. The lowest BCUT2D eigenvalue weighted by Crippen LogP contribution is -2.36. The Kier molecular flexibility index (Phi) is 6.49. The van der Waals surface area contributed by atoms with Gasteiger partial charge in [0.2, 0.25) is 5.91 Å². The second kappa shape index (κ2) is 7.65. The van der Waals surface area contributed by atoms with Gasteiger partial charge >= 0.3 is 0 Å². The number of nitrogens with one attached hydrogen (secondary N) is 1. The largest absolute Gasteiger partial charge is 0.378 e. The van der Waals surface area contributed by atoms with Crippen molar-refractivity contribution >= 4 is 34.1 Å². The zero-order chi connectivity index (χ0) is 12.7. The lowest BCUT2D eigenvalue weighted by Gasteiger charge is -2.09. The Labute approximate surface area is 109 Å². The minimum absolute atomic E-state index is 0.183. The Balaban J connectivity index is 2.43. The van der Waals surface area contributed by atoms with Crippen LogP contribution >= 0.6 is 23.1 Å². The molecule has 0 aromatic carbocycles. The number of carbonyl (C=O) groups excluding carboxylic acids is 1. The highest BCUT2D eigenvalue weighted by molar-refractivity contribution is 7.98. The molecular weight excluding hydrogens is 258 g/mol. The zero-order valence-electron chi connectivity index (χ0n) is 9.93. The predicted octanol–water partition coefficient (Wildman–Crippen LogP) is 1.31. The summed E-state index contributed by atoms with van der Waals surface area (Å²) in [5.74, 6) is 0.693. The quantitative estimate of drug-likeness (QED) is 0.784. The first kappa shape index (κ1) is 14.4. The second-order valence-electron chi connectivity index (χ2n) is 3.45. The van der Waals surface area contributed by atoms with Crippen molar-refractivity contribution in [3.05, 3.63) is 11.1 Å². The Morgan fingerprint density at radius 3 is 3.18 bits per heavy atom. The number of nitrogens with zero attached hydrogens (tertiary/aromatic N) is 1. The molecule has 1 amide bonds. The third-order valence-corrected chi connectivity index (χ3v) is 3.49. The van der Waals surface area contributed by atoms with E-state index >= 15 is 0 Å². The Morgan fingerprint density at radius 1 is 1.76 bits per heavy atom. The normalized spacial score (nSPS) is 12.4. The molecular formula is C10H17N3O2S2. The Hall–Kier alpha value is -0.630. The number of nitrogens with two attached hydrogens (primary N) is 1. The lowest BCUT2D eigenvalue weighted by atomic mass is 10.2. The van der Waals surface area contributed by atoms with Crippen LogP contribution in [-0.4, -0.2) is 36.1 Å². The van der Waals surface area contributed by atoms with Gasteiger partial charge in [0.25, 0.3) is 0 Å². The number of methoxy groups -OCH3 is 1. The maximum absolute atomic E-state index is 11.7. The van der Waals surface area contributed by atoms with E-state index < -0.39 is 6.04 Å². The van der Waals surface area contributed by atoms with Gasteiger partial charge in [-0.15, -0.1) is 11.3 Å². The number of carbonyl (C=O) groups is 1. The predicted molar refractivity (Wildman–Crippen MR) is 72.4 cm³/mol. The number of thioether (sulfide) groups is 1. The van der Waals surface area contributed by atoms with Crippen molar-refractivity contribution < 1.29 is 9.53 Å². The van der Waals surface area contributed by atoms with Gasteiger partial charge < -0.3 is 15.8 Å². The molecule has 0 unspecified atom stereocenters. The molecule has 5 nitrogen and oxygen atoms in total. The topological polar surface area (TPSA) is 77.2 Å². The molecule has 1 atom stereocenters. The third kappa shape index (κ3) is 5.03. The summed E-state index contributed by atoms with van der Waals surface area (Å²) < 4.78 is 4.95. The summed E-state index contributed by atoms with van der Waals surface area (Å²) in [6, 6.07) is -0.475. The molecule has 3 N–H and O–H groups in total. The van der Waals surface area contributed by atoms with Crippen LogP contribution in [-0.2, 0) is 16.1 Å². The molecule has 0 fully saturated rings. The lowest BCUT2D eigenvalue weighted by molar-refractivity contribution is -0.117. The van der Waals surface area contributed by atoms with Gasteiger partial charge in [-0.3, -0.25) is 4.79 Å². The maximum atomic E-state index is 11.7. The molecule has 0 aliphatic rings. The SMILES string of the molecule is COCc1csc(NC(=O)[C@@H](N)CCSC)n1. The van der Waals surface area contributed by atoms with E-state index in [1.165, 1.54) is 11.3 Å². The summed E-state index contributed by atoms with van der Waals surface area (Å²) in [5.41, 5.74) is 6.55. The first-order chi connectivity index (χ1) is 8.17. The van der Waals surface area contributed by atoms with Crippen LogP contribution in [0.3, 0.4) is 0 Å². The van der Waals surface area contributed by atoms with Crippen molar-refractivity contribution in [2.45, 2.75) is 19.1 Å². The number of hydrogen-bond donors (Lipinski definition) is 2. The summed E-state index contributed by atoms with van der Waals surface area (Å²) in [6.45, 7) is 0.449. The van der Waals surface area contributed by atoms with Crippen molar-refractivity contribution in [3.63, 3.8) is 0 Å². The number of aromatic nitrogens is 1. The molecule has 1 aromatic rings. The van der Waals surface area contributed by atoms with Gasteiger partial charge in [-0.2, -0.15) is 11.8 Å². The van der Waals surface area contributed by atoms with Crippen LogP contribution in [0.25, 0.3) is 0 Å². The van der Waals surface area contributed by atoms with E-state index in [1.807, 2.05) is 11.6 Å². The van der Waals surface area contributed by atoms with Crippen molar-refractivity contribution in [1.29, 1.82) is 0 Å². The molecule has 0 bridgehead atoms. The van der Waals surface area contributed by atoms with Gasteiger partial charge in [-0.1, -0.05) is 0 Å². The molecule has 0 aliphatic heterocycles. The highest BCUT2D eigenvalue weighted by atomic mass is 32.2. The van der Waals surface area contributed by atoms with Crippen LogP contribution in [0, 0.1) is 0 Å². The number of anilines is 1. The van der Waals surface area contributed by atoms with Gasteiger partial charge in [-0.25, -0.2) is 4.98 Å². The van der Waals surface area contributed by atoms with Gasteiger partial charge in [0, 0.05) is 12.5 Å². The number of amides is 1. The zero-order valence-corrected chi connectivity index (χ0v) is 11.6. The monoisotopic (exact) mass is 275 g/mol. The first-order valence-corrected chi connectivity index (χ1v) is 7.43. The van der Waals surface area contributed by atoms with Crippen molar-refractivity contribution in [1.82, 2.24) is 4.98 Å². The van der Waals surface area contributed by atoms with E-state index in [0.717, 1.165) is 11.4 Å². The smallest absolute Gasteiger partial charge is 0.243 e. The van der Waals surface area contributed by atoms with E-state index in [0.29, 0.717) is 18.2 Å². The van der Waals surface area contributed by atoms with Crippen molar-refractivity contribution in [2.75, 3.05) is 24.4 Å². The van der Waals surface area contributed by atoms with Crippen LogP contribution in [0.2, 0.25) is 0 Å². The molecule has 0 saturated heterocycles. The highest BCUT2D eigenvalue weighted by Crippen LogP contribution is 2.16. The van der Waals surface area contributed by atoms with Crippen LogP contribution < -0.4 is 11.1 Å². The fourth-order valence-electron chi connectivity index (χ4n) is 1.15. The van der Waals surface area contributed by atoms with E-state index in [4.69, 9.17) is 10.5 Å². The van der Waals surface area contributed by atoms with Gasteiger partial charge in [0.1, 0.15) is 0 Å². The molecule has 0 spiro atoms. The number of ether oxygens (including phenoxy) is 1. The molecule has 17 heavy (non-hydrogen) atoms. The van der Waals surface area contributed by atoms with E-state index in [1.54, 1.807) is 18.9 Å². The first-order valence-electron chi connectivity index (χ1n) is 5.16. The minimum atomic E-state index is -0.475. The van der Waals surface area contributed by atoms with Crippen LogP contribution in [0.4, 0.5) is 5.13 Å². The molecule has 1 aromatic heterocycles. The highest BCUT2D eigenvalue weighted by Gasteiger charge is 2.14. The maximum Gasteiger partial charge on any atom is 0.243 e. The molecule has 1 heterocycles. The van der Waals surface area contributed by atoms with Crippen LogP contribution in [0.1, 0.15) is 12.1 Å². The summed E-state index contributed by atoms with van der Waals surface area (Å²) in [7, 11) is 1.61. The fourth-order valence-corrected chi connectivity index (χ4v) is 2.34. The Bertz CT molecular complexity index is 357. The van der Waals surface area contributed by atoms with E-state index in [9.17, 15) is 4.79 Å². The number of thiazole rings is 1. The van der Waals surface area contributed by atoms with Crippen molar-refractivity contribution in [2.24, 2.45) is 5.73 Å². The van der Waals surface area contributed by atoms with E-state index in [-0.39, 0.29) is 5.91 Å². The third-order valence-electron chi connectivity index (χ3n) is 2.04. The molecule has 0 aliphatic carbocycles. The Morgan fingerprint density at radius 2 is 2.53 bits per heavy atom. The molecule has 96 valence electrons. The van der Waals surface area contributed by atoms with Gasteiger partial charge in [-0.05, 0) is 18.4 Å². The van der Waals surface area contributed by atoms with Crippen LogP contribution in [0.5, 0.6) is 0 Å². The standard InChI is InChI=1S/C10H17N3O2S2/c1-15-5-7-6-17-10(12-7)13-9(14)8(11)3-4-16-2/h6,8H,3-5,11H2,1-2H3,(H,12,13,14)/t8-/m0/s1. The summed E-state index contributed by atoms with van der Waals surface area (Å²) >= 11 is 3.05. The average Bonchev–Trinajstić information content (AvgIpc) is 2.74. The molecule has 0 radical (unpaired) electrons. The molecule has 1 rings (SSSR count). The summed E-state index contributed by atoms with van der Waals surface area (Å²) in [6.07, 6.45) is 2.66. The van der Waals surface area contributed by atoms with E-state index in [2.05, 4.69) is 10.3 Å². The summed E-state index contributed by atoms with van der Waals surface area (Å²) in [5, 5.41) is 5.13. The fraction of sp³-hybridized carbons (Fsp3) is 0.600. The summed E-state index contributed by atoms with van der Waals surface area (Å²) in [4.78, 5) is 15.9. The number of rotatable bonds is 7. The van der Waals surface area contributed by atoms with Crippen molar-refractivity contribution in [3.8, 4) is 0 Å². The molecule has 7 heteroatoms. The minimum Gasteiger partial charge on any atom is -0.378 e. The van der Waals surface area contributed by atoms with Gasteiger partial charge in [0.15, 0.2) is 5.13 Å².